The van der Waals surface area contributed by atoms with E-state index in [0.717, 1.165) is 12.1 Å². The molecule has 0 N–H and O–H groups in total. The van der Waals surface area contributed by atoms with Crippen molar-refractivity contribution in [1.82, 2.24) is 9.96 Å². The van der Waals surface area contributed by atoms with Gasteiger partial charge in [0.1, 0.15) is 6.67 Å². The zero-order valence-corrected chi connectivity index (χ0v) is 10.4. The van der Waals surface area contributed by atoms with E-state index >= 15 is 0 Å². The zero-order valence-electron chi connectivity index (χ0n) is 9.47. The standard InChI is InChI=1S/C8H17N2O4P/c1-5-8-6-10(7-9(8)2)14-15(11,12-3)13-4/h6H,5,7H2,1-4H3. The summed E-state index contributed by atoms with van der Waals surface area (Å²) in [5.74, 6) is 0. The largest absolute Gasteiger partial charge is 0.495 e. The maximum atomic E-state index is 11.7. The quantitative estimate of drug-likeness (QED) is 0.678. The Kier molecular flexibility index (Phi) is 4.16. The second kappa shape index (κ2) is 4.99. The molecule has 15 heavy (non-hydrogen) atoms. The van der Waals surface area contributed by atoms with Crippen LogP contribution in [0.25, 0.3) is 0 Å². The molecule has 0 amide bonds. The molecule has 88 valence electrons. The first-order valence-electron chi connectivity index (χ1n) is 4.64. The summed E-state index contributed by atoms with van der Waals surface area (Å²) in [7, 11) is 1.07. The van der Waals surface area contributed by atoms with Crippen molar-refractivity contribution >= 4 is 7.82 Å². The predicted octanol–water partition coefficient (Wildman–Crippen LogP) is 1.78. The van der Waals surface area contributed by atoms with Gasteiger partial charge in [-0.15, -0.1) is 0 Å². The molecular formula is C8H17N2O4P. The van der Waals surface area contributed by atoms with Crippen molar-refractivity contribution < 1.29 is 18.2 Å². The van der Waals surface area contributed by atoms with Gasteiger partial charge >= 0.3 is 7.82 Å². The SMILES string of the molecule is CCC1=CN(OP(=O)(OC)OC)CN1C. The highest BCUT2D eigenvalue weighted by atomic mass is 31.2. The minimum Gasteiger partial charge on any atom is -0.357 e. The van der Waals surface area contributed by atoms with Crippen molar-refractivity contribution in [1.29, 1.82) is 0 Å². The molecule has 0 spiro atoms. The molecule has 0 atom stereocenters. The number of rotatable bonds is 5. The lowest BCUT2D eigenvalue weighted by atomic mass is 10.3. The maximum absolute atomic E-state index is 11.7. The molecule has 7 heteroatoms. The summed E-state index contributed by atoms with van der Waals surface area (Å²) < 4.78 is 26.1. The molecule has 6 nitrogen and oxygen atoms in total. The van der Waals surface area contributed by atoms with E-state index in [-0.39, 0.29) is 0 Å². The van der Waals surface area contributed by atoms with Crippen LogP contribution in [0.4, 0.5) is 0 Å². The monoisotopic (exact) mass is 236 g/mol. The Balaban J connectivity index is 2.62. The van der Waals surface area contributed by atoms with Gasteiger partial charge in [-0.25, -0.2) is 9.63 Å². The van der Waals surface area contributed by atoms with Crippen LogP contribution in [0.2, 0.25) is 0 Å². The van der Waals surface area contributed by atoms with Gasteiger partial charge in [0.25, 0.3) is 0 Å². The van der Waals surface area contributed by atoms with Crippen molar-refractivity contribution in [2.45, 2.75) is 13.3 Å². The summed E-state index contributed by atoms with van der Waals surface area (Å²) in [6, 6.07) is 0. The Morgan fingerprint density at radius 3 is 2.47 bits per heavy atom. The number of allylic oxidation sites excluding steroid dienone is 1. The smallest absolute Gasteiger partial charge is 0.357 e. The molecule has 0 fully saturated rings. The molecule has 0 aromatic heterocycles. The van der Waals surface area contributed by atoms with Crippen LogP contribution in [0.15, 0.2) is 11.9 Å². The molecule has 0 saturated heterocycles. The van der Waals surface area contributed by atoms with Crippen molar-refractivity contribution in [2.75, 3.05) is 27.9 Å². The highest BCUT2D eigenvalue weighted by Gasteiger charge is 2.29. The van der Waals surface area contributed by atoms with Gasteiger partial charge in [0.05, 0.1) is 0 Å². The molecule has 0 bridgehead atoms. The van der Waals surface area contributed by atoms with Crippen LogP contribution in [0.3, 0.4) is 0 Å². The van der Waals surface area contributed by atoms with E-state index in [9.17, 15) is 4.57 Å². The zero-order chi connectivity index (χ0) is 11.5. The fraction of sp³-hybridized carbons (Fsp3) is 0.750. The van der Waals surface area contributed by atoms with E-state index in [1.165, 1.54) is 19.3 Å². The molecule has 0 aromatic carbocycles. The Labute approximate surface area is 90.0 Å². The molecule has 1 rings (SSSR count). The topological polar surface area (TPSA) is 51.2 Å². The van der Waals surface area contributed by atoms with Gasteiger partial charge in [0, 0.05) is 33.2 Å². The summed E-state index contributed by atoms with van der Waals surface area (Å²) in [6.45, 7) is 2.55. The number of phosphoric acid groups is 1. The van der Waals surface area contributed by atoms with Gasteiger partial charge in [-0.2, -0.15) is 4.62 Å². The van der Waals surface area contributed by atoms with E-state index < -0.39 is 7.82 Å². The van der Waals surface area contributed by atoms with E-state index in [2.05, 4.69) is 9.05 Å². The second-order valence-corrected chi connectivity index (χ2v) is 4.91. The first-order valence-corrected chi connectivity index (χ1v) is 6.10. The maximum Gasteiger partial charge on any atom is 0.495 e. The predicted molar refractivity (Wildman–Crippen MR) is 55.6 cm³/mol. The average molecular weight is 236 g/mol. The van der Waals surface area contributed by atoms with Crippen LogP contribution >= 0.6 is 7.82 Å². The van der Waals surface area contributed by atoms with Gasteiger partial charge in [-0.1, -0.05) is 6.92 Å². The Hall–Kier alpha value is -0.550. The van der Waals surface area contributed by atoms with Crippen molar-refractivity contribution in [2.24, 2.45) is 0 Å². The third kappa shape index (κ3) is 2.95. The summed E-state index contributed by atoms with van der Waals surface area (Å²) in [6.07, 6.45) is 2.67. The number of hydrogen-bond donors (Lipinski definition) is 0. The molecule has 1 aliphatic heterocycles. The Bertz CT molecular complexity index is 286. The van der Waals surface area contributed by atoms with Crippen molar-refractivity contribution in [3.63, 3.8) is 0 Å². The van der Waals surface area contributed by atoms with E-state index in [1.54, 1.807) is 6.20 Å². The fourth-order valence-electron chi connectivity index (χ4n) is 1.29. The van der Waals surface area contributed by atoms with Gasteiger partial charge < -0.3 is 4.90 Å². The highest BCUT2D eigenvalue weighted by molar-refractivity contribution is 7.48. The van der Waals surface area contributed by atoms with E-state index in [0.29, 0.717) is 6.67 Å². The minimum absolute atomic E-state index is 0.514. The third-order valence-corrected chi connectivity index (χ3v) is 3.45. The summed E-state index contributed by atoms with van der Waals surface area (Å²) in [4.78, 5) is 2.00. The van der Waals surface area contributed by atoms with Gasteiger partial charge in [0.15, 0.2) is 0 Å². The average Bonchev–Trinajstić information content (AvgIpc) is 2.58. The molecule has 1 aliphatic rings. The molecule has 0 aliphatic carbocycles. The Morgan fingerprint density at radius 1 is 1.47 bits per heavy atom. The second-order valence-electron chi connectivity index (χ2n) is 3.12. The van der Waals surface area contributed by atoms with E-state index in [1.807, 2.05) is 18.9 Å². The van der Waals surface area contributed by atoms with Crippen LogP contribution in [0.5, 0.6) is 0 Å². The molecular weight excluding hydrogens is 219 g/mol. The number of nitrogens with zero attached hydrogens (tertiary/aromatic N) is 2. The van der Waals surface area contributed by atoms with Crippen LogP contribution < -0.4 is 0 Å². The molecule has 0 radical (unpaired) electrons. The fourth-order valence-corrected chi connectivity index (χ4v) is 1.92. The first-order chi connectivity index (χ1) is 7.04. The lowest BCUT2D eigenvalue weighted by molar-refractivity contribution is -0.0537. The van der Waals surface area contributed by atoms with E-state index in [4.69, 9.17) is 4.62 Å². The third-order valence-electron chi connectivity index (χ3n) is 2.15. The lowest BCUT2D eigenvalue weighted by Gasteiger charge is -2.21. The normalized spacial score (nSPS) is 17.2. The Morgan fingerprint density at radius 2 is 2.07 bits per heavy atom. The van der Waals surface area contributed by atoms with Gasteiger partial charge in [-0.3, -0.25) is 9.05 Å². The summed E-state index contributed by atoms with van der Waals surface area (Å²) in [5.41, 5.74) is 1.11. The number of hydrogen-bond acceptors (Lipinski definition) is 6. The van der Waals surface area contributed by atoms with Crippen molar-refractivity contribution in [3.8, 4) is 0 Å². The molecule has 0 saturated carbocycles. The van der Waals surface area contributed by atoms with Gasteiger partial charge in [0.2, 0.25) is 0 Å². The van der Waals surface area contributed by atoms with Crippen LogP contribution in [-0.4, -0.2) is 37.9 Å². The minimum atomic E-state index is -3.44. The summed E-state index contributed by atoms with van der Waals surface area (Å²) >= 11 is 0. The lowest BCUT2D eigenvalue weighted by Crippen LogP contribution is -2.23. The van der Waals surface area contributed by atoms with Crippen molar-refractivity contribution in [3.05, 3.63) is 11.9 Å². The molecule has 0 aromatic rings. The van der Waals surface area contributed by atoms with Crippen LogP contribution in [0.1, 0.15) is 13.3 Å². The van der Waals surface area contributed by atoms with Crippen LogP contribution in [0, 0.1) is 0 Å². The van der Waals surface area contributed by atoms with Crippen LogP contribution in [-0.2, 0) is 18.2 Å². The summed E-state index contributed by atoms with van der Waals surface area (Å²) in [5, 5.41) is 1.45. The van der Waals surface area contributed by atoms with Gasteiger partial charge in [-0.05, 0) is 6.42 Å². The molecule has 0 unspecified atom stereocenters. The first kappa shape index (κ1) is 12.5. The molecule has 1 heterocycles. The number of hydroxylamine groups is 2. The number of phosphoric ester groups is 1. The highest BCUT2D eigenvalue weighted by Crippen LogP contribution is 2.49.